The van der Waals surface area contributed by atoms with Gasteiger partial charge in [0.25, 0.3) is 10.0 Å². The van der Waals surface area contributed by atoms with Crippen LogP contribution in [0.2, 0.25) is 0 Å². The number of carbonyl (C=O) groups is 1. The van der Waals surface area contributed by atoms with Gasteiger partial charge in [0.1, 0.15) is 4.21 Å². The maximum Gasteiger partial charge on any atom is 0.252 e. The minimum absolute atomic E-state index is 0.0849. The predicted molar refractivity (Wildman–Crippen MR) is 98.5 cm³/mol. The molecule has 0 aromatic carbocycles. The highest BCUT2D eigenvalue weighted by Crippen LogP contribution is 2.36. The topological polar surface area (TPSA) is 57.7 Å². The lowest BCUT2D eigenvalue weighted by Crippen LogP contribution is -2.48. The summed E-state index contributed by atoms with van der Waals surface area (Å²) in [5.74, 6) is 0.468. The van der Waals surface area contributed by atoms with Gasteiger partial charge in [-0.15, -0.1) is 11.3 Å². The van der Waals surface area contributed by atoms with Crippen LogP contribution < -0.4 is 0 Å². The summed E-state index contributed by atoms with van der Waals surface area (Å²) in [5.41, 5.74) is 0. The van der Waals surface area contributed by atoms with Gasteiger partial charge in [0.05, 0.1) is 9.70 Å². The van der Waals surface area contributed by atoms with Crippen molar-refractivity contribution in [1.29, 1.82) is 0 Å². The van der Waals surface area contributed by atoms with Gasteiger partial charge in [-0.3, -0.25) is 4.79 Å². The molecule has 1 aromatic heterocycles. The molecule has 3 rings (SSSR count). The van der Waals surface area contributed by atoms with E-state index in [9.17, 15) is 13.2 Å². The summed E-state index contributed by atoms with van der Waals surface area (Å²) in [6.45, 7) is 2.87. The van der Waals surface area contributed by atoms with Gasteiger partial charge in [0, 0.05) is 26.2 Å². The standard InChI is InChI=1S/C16H23BrN2O3S2/c1-11(12-5-6-12)18(2)16(20)13-4-3-9-19(10-13)24(21,22)15-8-7-14(17)23-15/h7-8,11-13H,3-6,9-10H2,1-2H3/t11-,13-/m1/s1. The van der Waals surface area contributed by atoms with E-state index in [1.54, 1.807) is 12.1 Å². The maximum atomic E-state index is 12.8. The Morgan fingerprint density at radius 2 is 2.08 bits per heavy atom. The summed E-state index contributed by atoms with van der Waals surface area (Å²) in [5, 5.41) is 0. The Morgan fingerprint density at radius 3 is 2.67 bits per heavy atom. The lowest BCUT2D eigenvalue weighted by molar-refractivity contribution is -0.137. The molecule has 2 fully saturated rings. The molecular formula is C16H23BrN2O3S2. The van der Waals surface area contributed by atoms with Crippen LogP contribution in [0, 0.1) is 11.8 Å². The molecule has 1 saturated carbocycles. The lowest BCUT2D eigenvalue weighted by atomic mass is 9.97. The molecule has 0 radical (unpaired) electrons. The van der Waals surface area contributed by atoms with Crippen LogP contribution in [0.25, 0.3) is 0 Å². The number of sulfonamides is 1. The van der Waals surface area contributed by atoms with Crippen LogP contribution in [0.4, 0.5) is 0 Å². The predicted octanol–water partition coefficient (Wildman–Crippen LogP) is 3.17. The van der Waals surface area contributed by atoms with Crippen molar-refractivity contribution in [3.05, 3.63) is 15.9 Å². The highest BCUT2D eigenvalue weighted by atomic mass is 79.9. The first kappa shape index (κ1) is 18.4. The second-order valence-corrected chi connectivity index (χ2v) is 11.4. The largest absolute Gasteiger partial charge is 0.342 e. The van der Waals surface area contributed by atoms with Gasteiger partial charge in [-0.05, 0) is 66.6 Å². The Kier molecular flexibility index (Phi) is 5.39. The summed E-state index contributed by atoms with van der Waals surface area (Å²) < 4.78 is 28.2. The molecular weight excluding hydrogens is 412 g/mol. The zero-order valence-corrected chi connectivity index (χ0v) is 17.2. The first-order valence-electron chi connectivity index (χ1n) is 8.33. The quantitative estimate of drug-likeness (QED) is 0.714. The third kappa shape index (κ3) is 3.71. The molecule has 0 bridgehead atoms. The van der Waals surface area contributed by atoms with E-state index in [1.165, 1.54) is 28.5 Å². The normalized spacial score (nSPS) is 23.9. The molecule has 2 aliphatic rings. The molecule has 134 valence electrons. The maximum absolute atomic E-state index is 12.8. The number of hydrogen-bond acceptors (Lipinski definition) is 4. The van der Waals surface area contributed by atoms with Crippen molar-refractivity contribution in [3.63, 3.8) is 0 Å². The molecule has 1 saturated heterocycles. The Bertz CT molecular complexity index is 715. The highest BCUT2D eigenvalue weighted by molar-refractivity contribution is 9.11. The monoisotopic (exact) mass is 434 g/mol. The van der Waals surface area contributed by atoms with Gasteiger partial charge in [-0.25, -0.2) is 8.42 Å². The van der Waals surface area contributed by atoms with Crippen LogP contribution in [-0.4, -0.2) is 49.7 Å². The molecule has 24 heavy (non-hydrogen) atoms. The minimum Gasteiger partial charge on any atom is -0.342 e. The van der Waals surface area contributed by atoms with Crippen LogP contribution in [0.1, 0.15) is 32.6 Å². The van der Waals surface area contributed by atoms with Crippen molar-refractivity contribution in [2.75, 3.05) is 20.1 Å². The first-order chi connectivity index (χ1) is 11.3. The van der Waals surface area contributed by atoms with E-state index in [1.807, 2.05) is 11.9 Å². The van der Waals surface area contributed by atoms with Crippen LogP contribution in [0.5, 0.6) is 0 Å². The average molecular weight is 435 g/mol. The van der Waals surface area contributed by atoms with Gasteiger partial charge in [-0.2, -0.15) is 4.31 Å². The summed E-state index contributed by atoms with van der Waals surface area (Å²) >= 11 is 4.53. The number of rotatable bonds is 5. The van der Waals surface area contributed by atoms with Crippen molar-refractivity contribution in [3.8, 4) is 0 Å². The van der Waals surface area contributed by atoms with Crippen LogP contribution in [-0.2, 0) is 14.8 Å². The Labute approximate surface area is 156 Å². The molecule has 1 amide bonds. The van der Waals surface area contributed by atoms with E-state index < -0.39 is 10.0 Å². The molecule has 1 aliphatic carbocycles. The Morgan fingerprint density at radius 1 is 1.38 bits per heavy atom. The number of amides is 1. The van der Waals surface area contributed by atoms with Gasteiger partial charge < -0.3 is 4.90 Å². The van der Waals surface area contributed by atoms with E-state index in [0.29, 0.717) is 23.2 Å². The summed E-state index contributed by atoms with van der Waals surface area (Å²) in [7, 11) is -1.65. The summed E-state index contributed by atoms with van der Waals surface area (Å²) in [6.07, 6.45) is 3.88. The molecule has 1 aromatic rings. The highest BCUT2D eigenvalue weighted by Gasteiger charge is 2.38. The number of thiophene rings is 1. The summed E-state index contributed by atoms with van der Waals surface area (Å²) in [4.78, 5) is 14.6. The molecule has 2 atom stereocenters. The number of hydrogen-bond donors (Lipinski definition) is 0. The SMILES string of the molecule is C[C@H](C1CC1)N(C)C(=O)[C@@H]1CCCN(S(=O)(=O)c2ccc(Br)s2)C1. The third-order valence-electron chi connectivity index (χ3n) is 5.14. The van der Waals surface area contributed by atoms with Gasteiger partial charge in [0.2, 0.25) is 5.91 Å². The second kappa shape index (κ2) is 7.05. The molecule has 2 heterocycles. The van der Waals surface area contributed by atoms with E-state index in [-0.39, 0.29) is 17.9 Å². The first-order valence-corrected chi connectivity index (χ1v) is 11.4. The van der Waals surface area contributed by atoms with Crippen LogP contribution in [0.15, 0.2) is 20.1 Å². The average Bonchev–Trinajstić information content (AvgIpc) is 3.33. The number of nitrogens with zero attached hydrogens (tertiary/aromatic N) is 2. The van der Waals surface area contributed by atoms with Gasteiger partial charge in [0.15, 0.2) is 0 Å². The second-order valence-electron chi connectivity index (χ2n) is 6.79. The molecule has 5 nitrogen and oxygen atoms in total. The molecule has 0 unspecified atom stereocenters. The number of piperidine rings is 1. The van der Waals surface area contributed by atoms with Crippen LogP contribution in [0.3, 0.4) is 0 Å². The fraction of sp³-hybridized carbons (Fsp3) is 0.688. The summed E-state index contributed by atoms with van der Waals surface area (Å²) in [6, 6.07) is 3.62. The van der Waals surface area contributed by atoms with E-state index in [0.717, 1.165) is 16.6 Å². The van der Waals surface area contributed by atoms with Crippen molar-refractivity contribution in [2.24, 2.45) is 11.8 Å². The smallest absolute Gasteiger partial charge is 0.252 e. The fourth-order valence-electron chi connectivity index (χ4n) is 3.31. The molecule has 8 heteroatoms. The zero-order valence-electron chi connectivity index (χ0n) is 13.9. The number of halogens is 1. The minimum atomic E-state index is -3.51. The van der Waals surface area contributed by atoms with Crippen LogP contribution >= 0.6 is 27.3 Å². The van der Waals surface area contributed by atoms with Crippen molar-refractivity contribution < 1.29 is 13.2 Å². The van der Waals surface area contributed by atoms with Crippen molar-refractivity contribution in [2.45, 2.75) is 42.9 Å². The van der Waals surface area contributed by atoms with Gasteiger partial charge in [-0.1, -0.05) is 0 Å². The molecule has 1 aliphatic heterocycles. The fourth-order valence-corrected chi connectivity index (χ4v) is 7.00. The van der Waals surface area contributed by atoms with Crippen molar-refractivity contribution in [1.82, 2.24) is 9.21 Å². The van der Waals surface area contributed by atoms with Gasteiger partial charge >= 0.3 is 0 Å². The van der Waals surface area contributed by atoms with E-state index >= 15 is 0 Å². The lowest BCUT2D eigenvalue weighted by Gasteiger charge is -2.35. The zero-order chi connectivity index (χ0) is 17.5. The Hall–Kier alpha value is -0.440. The Balaban J connectivity index is 1.70. The van der Waals surface area contributed by atoms with Crippen molar-refractivity contribution >= 4 is 43.2 Å². The molecule has 0 N–H and O–H groups in total. The van der Waals surface area contributed by atoms with E-state index in [2.05, 4.69) is 22.9 Å². The third-order valence-corrected chi connectivity index (χ3v) is 9.10. The number of carbonyl (C=O) groups excluding carboxylic acids is 1. The molecule has 0 spiro atoms. The van der Waals surface area contributed by atoms with E-state index in [4.69, 9.17) is 0 Å².